The van der Waals surface area contributed by atoms with Crippen molar-refractivity contribution in [3.8, 4) is 28.8 Å². The molecule has 6 rings (SSSR count). The second kappa shape index (κ2) is 12.9. The van der Waals surface area contributed by atoms with Crippen LogP contribution in [0.1, 0.15) is 64.4 Å². The zero-order valence-corrected chi connectivity index (χ0v) is 25.3. The predicted octanol–water partition coefficient (Wildman–Crippen LogP) is 8.02. The van der Waals surface area contributed by atoms with E-state index in [-0.39, 0.29) is 18.2 Å². The Morgan fingerprint density at radius 3 is 2.47 bits per heavy atom. The van der Waals surface area contributed by atoms with Crippen LogP contribution in [0.2, 0.25) is 15.1 Å². The zero-order valence-electron chi connectivity index (χ0n) is 23.1. The minimum Gasteiger partial charge on any atom is -0.489 e. The number of carbonyl (C=O) groups is 1. The van der Waals surface area contributed by atoms with E-state index in [0.717, 1.165) is 55.8 Å². The topological polar surface area (TPSA) is 96.6 Å². The first-order chi connectivity index (χ1) is 20.9. The maximum absolute atomic E-state index is 11.8. The summed E-state index contributed by atoms with van der Waals surface area (Å²) in [6, 6.07) is 15.9. The fourth-order valence-corrected chi connectivity index (χ4v) is 5.93. The highest BCUT2D eigenvalue weighted by molar-refractivity contribution is 6.39. The van der Waals surface area contributed by atoms with Crippen LogP contribution >= 0.6 is 34.8 Å². The molecule has 0 unspecified atom stereocenters. The molecular formula is C33H28Cl3N3O4. The van der Waals surface area contributed by atoms with E-state index < -0.39 is 5.97 Å². The molecule has 4 aromatic rings. The van der Waals surface area contributed by atoms with Gasteiger partial charge in [0.25, 0.3) is 0 Å². The van der Waals surface area contributed by atoms with Gasteiger partial charge in [-0.05, 0) is 81.2 Å². The van der Waals surface area contributed by atoms with Crippen LogP contribution in [0.3, 0.4) is 0 Å². The summed E-state index contributed by atoms with van der Waals surface area (Å²) in [6.45, 7) is 2.06. The second-order valence-corrected chi connectivity index (χ2v) is 11.9. The van der Waals surface area contributed by atoms with Crippen LogP contribution < -0.4 is 15.4 Å². The molecule has 1 aromatic heterocycles. The summed E-state index contributed by atoms with van der Waals surface area (Å²) in [6.07, 6.45) is 4.00. The number of piperidine rings is 1. The monoisotopic (exact) mass is 635 g/mol. The molecule has 43 heavy (non-hydrogen) atoms. The van der Waals surface area contributed by atoms with Crippen LogP contribution in [0.4, 0.5) is 5.69 Å². The first-order valence-corrected chi connectivity index (χ1v) is 15.2. The lowest BCUT2D eigenvalue weighted by Gasteiger charge is -2.25. The number of nitrogens with zero attached hydrogens (tertiary/aromatic N) is 1. The van der Waals surface area contributed by atoms with Gasteiger partial charge in [0.2, 0.25) is 0 Å². The third kappa shape index (κ3) is 6.95. The lowest BCUT2D eigenvalue weighted by atomic mass is 10.0. The molecular weight excluding hydrogens is 609 g/mol. The third-order valence-corrected chi connectivity index (χ3v) is 8.46. The number of ether oxygens (including phenoxy) is 1. The molecule has 0 bridgehead atoms. The van der Waals surface area contributed by atoms with Gasteiger partial charge in [0.05, 0.1) is 26.2 Å². The lowest BCUT2D eigenvalue weighted by Crippen LogP contribution is -2.35. The van der Waals surface area contributed by atoms with Gasteiger partial charge in [-0.2, -0.15) is 0 Å². The van der Waals surface area contributed by atoms with Gasteiger partial charge in [0.1, 0.15) is 23.8 Å². The Labute approximate surface area is 264 Å². The molecule has 1 saturated carbocycles. The molecule has 3 N–H and O–H groups in total. The molecule has 3 aromatic carbocycles. The Kier molecular flexibility index (Phi) is 8.83. The maximum atomic E-state index is 11.8. The summed E-state index contributed by atoms with van der Waals surface area (Å²) in [5.74, 6) is 6.79. The van der Waals surface area contributed by atoms with Crippen LogP contribution in [0.15, 0.2) is 59.1 Å². The number of carboxylic acids is 1. The van der Waals surface area contributed by atoms with E-state index in [1.165, 1.54) is 0 Å². The van der Waals surface area contributed by atoms with Gasteiger partial charge in [-0.25, -0.2) is 4.79 Å². The standard InChI is InChI=1S/C33H28Cl3N3O4/c34-27-2-1-3-28(35)30(27)31-26(32(43-39-31)21-6-7-21)18-42-25-9-8-20(29(36)17-25)5-4-19-14-22(33(40)41)16-24(15-19)38-23-10-12-37-13-11-23/h1-3,8-9,14-17,21,23,37-38H,6-7,10-13,18H2,(H,40,41). The summed E-state index contributed by atoms with van der Waals surface area (Å²) in [7, 11) is 0. The number of aromatic nitrogens is 1. The second-order valence-electron chi connectivity index (χ2n) is 10.7. The molecule has 2 aliphatic rings. The minimum atomic E-state index is -1.01. The molecule has 7 nitrogen and oxygen atoms in total. The summed E-state index contributed by atoms with van der Waals surface area (Å²) in [5, 5.41) is 22.1. The van der Waals surface area contributed by atoms with Gasteiger partial charge in [0.15, 0.2) is 0 Å². The average Bonchev–Trinajstić information content (AvgIpc) is 3.76. The van der Waals surface area contributed by atoms with Gasteiger partial charge < -0.3 is 25.0 Å². The summed E-state index contributed by atoms with van der Waals surface area (Å²) in [4.78, 5) is 11.8. The van der Waals surface area contributed by atoms with Crippen molar-refractivity contribution in [2.24, 2.45) is 0 Å². The highest BCUT2D eigenvalue weighted by atomic mass is 35.5. The van der Waals surface area contributed by atoms with Crippen molar-refractivity contribution < 1.29 is 19.2 Å². The molecule has 0 amide bonds. The van der Waals surface area contributed by atoms with Crippen LogP contribution in [0, 0.1) is 11.8 Å². The van der Waals surface area contributed by atoms with E-state index in [0.29, 0.717) is 49.1 Å². The van der Waals surface area contributed by atoms with Crippen LogP contribution in [-0.4, -0.2) is 35.4 Å². The molecule has 0 spiro atoms. The van der Waals surface area contributed by atoms with Gasteiger partial charge in [-0.15, -0.1) is 0 Å². The maximum Gasteiger partial charge on any atom is 0.335 e. The van der Waals surface area contributed by atoms with Crippen molar-refractivity contribution in [1.29, 1.82) is 0 Å². The van der Waals surface area contributed by atoms with E-state index in [9.17, 15) is 9.90 Å². The van der Waals surface area contributed by atoms with Crippen molar-refractivity contribution in [2.45, 2.75) is 44.2 Å². The number of rotatable bonds is 8. The van der Waals surface area contributed by atoms with Crippen molar-refractivity contribution in [3.05, 3.63) is 97.7 Å². The summed E-state index contributed by atoms with van der Waals surface area (Å²) in [5.41, 5.74) is 4.09. The van der Waals surface area contributed by atoms with Gasteiger partial charge in [-0.1, -0.05) is 57.9 Å². The van der Waals surface area contributed by atoms with Gasteiger partial charge >= 0.3 is 5.97 Å². The number of carboxylic acid groups (broad SMARTS) is 1. The van der Waals surface area contributed by atoms with Crippen LogP contribution in [-0.2, 0) is 6.61 Å². The zero-order chi connectivity index (χ0) is 29.9. The number of anilines is 1. The largest absolute Gasteiger partial charge is 0.489 e. The first-order valence-electron chi connectivity index (χ1n) is 14.1. The van der Waals surface area contributed by atoms with E-state index in [4.69, 9.17) is 44.1 Å². The minimum absolute atomic E-state index is 0.176. The van der Waals surface area contributed by atoms with Crippen molar-refractivity contribution in [2.75, 3.05) is 18.4 Å². The SMILES string of the molecule is O=C(O)c1cc(C#Cc2ccc(OCc3c(-c4c(Cl)cccc4Cl)noc3C3CC3)cc2Cl)cc(NC2CCNCC2)c1. The van der Waals surface area contributed by atoms with Crippen molar-refractivity contribution >= 4 is 46.5 Å². The number of hydrogen-bond donors (Lipinski definition) is 3. The molecule has 0 radical (unpaired) electrons. The molecule has 1 saturated heterocycles. The molecule has 10 heteroatoms. The fraction of sp³-hybridized carbons (Fsp3) is 0.273. The highest BCUT2D eigenvalue weighted by Gasteiger charge is 2.33. The number of aromatic carboxylic acids is 1. The van der Waals surface area contributed by atoms with Gasteiger partial charge in [-0.3, -0.25) is 0 Å². The number of benzene rings is 3. The predicted molar refractivity (Wildman–Crippen MR) is 169 cm³/mol. The Hall–Kier alpha value is -3.67. The van der Waals surface area contributed by atoms with E-state index in [1.54, 1.807) is 48.5 Å². The average molecular weight is 637 g/mol. The van der Waals surface area contributed by atoms with E-state index in [1.807, 2.05) is 6.07 Å². The van der Waals surface area contributed by atoms with Crippen molar-refractivity contribution in [1.82, 2.24) is 10.5 Å². The number of nitrogens with one attached hydrogen (secondary N) is 2. The first kappa shape index (κ1) is 29.4. The molecule has 0 atom stereocenters. The third-order valence-electron chi connectivity index (χ3n) is 7.52. The normalized spacial score (nSPS) is 15.0. The Morgan fingerprint density at radius 1 is 1.00 bits per heavy atom. The Bertz CT molecular complexity index is 1710. The van der Waals surface area contributed by atoms with Crippen LogP contribution in [0.25, 0.3) is 11.3 Å². The molecule has 1 aliphatic carbocycles. The highest BCUT2D eigenvalue weighted by Crippen LogP contribution is 2.46. The Balaban J connectivity index is 1.20. The number of hydrogen-bond acceptors (Lipinski definition) is 6. The van der Waals surface area contributed by atoms with Crippen LogP contribution in [0.5, 0.6) is 5.75 Å². The lowest BCUT2D eigenvalue weighted by molar-refractivity contribution is 0.0697. The summed E-state index contributed by atoms with van der Waals surface area (Å²) < 4.78 is 11.9. The van der Waals surface area contributed by atoms with Gasteiger partial charge in [0, 0.05) is 40.4 Å². The number of halogens is 3. The van der Waals surface area contributed by atoms with E-state index >= 15 is 0 Å². The fourth-order valence-electron chi connectivity index (χ4n) is 5.14. The quantitative estimate of drug-likeness (QED) is 0.169. The van der Waals surface area contributed by atoms with Crippen molar-refractivity contribution in [3.63, 3.8) is 0 Å². The molecule has 2 fully saturated rings. The van der Waals surface area contributed by atoms with E-state index in [2.05, 4.69) is 27.6 Å². The molecule has 2 heterocycles. The Morgan fingerprint density at radius 2 is 1.77 bits per heavy atom. The smallest absolute Gasteiger partial charge is 0.335 e. The summed E-state index contributed by atoms with van der Waals surface area (Å²) >= 11 is 19.5. The molecule has 220 valence electrons. The molecule has 1 aliphatic heterocycles.